The molecule has 3 heterocycles. The number of fused-ring (bicyclic) bond motifs is 1. The lowest BCUT2D eigenvalue weighted by Crippen LogP contribution is -2.15. The van der Waals surface area contributed by atoms with Crippen LogP contribution in [0.1, 0.15) is 23.7 Å². The number of amides is 1. The Morgan fingerprint density at radius 1 is 1.19 bits per heavy atom. The van der Waals surface area contributed by atoms with Gasteiger partial charge >= 0.3 is 5.97 Å². The Morgan fingerprint density at radius 2 is 2.00 bits per heavy atom. The van der Waals surface area contributed by atoms with Gasteiger partial charge in [0.1, 0.15) is 10.6 Å². The fraction of sp³-hybridized carbons (Fsp3) is 0.182. The number of nitrogens with one attached hydrogen (secondary N) is 1. The van der Waals surface area contributed by atoms with Crippen molar-refractivity contribution in [1.29, 1.82) is 0 Å². The summed E-state index contributed by atoms with van der Waals surface area (Å²) < 4.78 is 7.11. The molecule has 32 heavy (non-hydrogen) atoms. The van der Waals surface area contributed by atoms with E-state index in [1.165, 1.54) is 23.1 Å². The van der Waals surface area contributed by atoms with Crippen LogP contribution in [0.15, 0.2) is 59.2 Å². The van der Waals surface area contributed by atoms with Crippen LogP contribution in [0.25, 0.3) is 16.8 Å². The highest BCUT2D eigenvalue weighted by atomic mass is 35.5. The molecule has 1 aromatic carbocycles. The molecule has 10 heteroatoms. The topological polar surface area (TPSA) is 85.6 Å². The van der Waals surface area contributed by atoms with Gasteiger partial charge in [-0.25, -0.2) is 4.79 Å². The molecular formula is C22H19ClN4O3S2. The zero-order chi connectivity index (χ0) is 22.5. The molecule has 3 aromatic heterocycles. The minimum absolute atomic E-state index is 0.193. The highest BCUT2D eigenvalue weighted by molar-refractivity contribution is 7.99. The second kappa shape index (κ2) is 10.2. The first-order valence-corrected chi connectivity index (χ1v) is 12.1. The van der Waals surface area contributed by atoms with Gasteiger partial charge in [0.05, 0.1) is 6.61 Å². The second-order valence-corrected chi connectivity index (χ2v) is 9.02. The third-order valence-corrected chi connectivity index (χ3v) is 6.61. The summed E-state index contributed by atoms with van der Waals surface area (Å²) in [5.74, 6) is -0.147. The summed E-state index contributed by atoms with van der Waals surface area (Å²) in [6.07, 6.45) is 2.14. The van der Waals surface area contributed by atoms with E-state index in [4.69, 9.17) is 16.3 Å². The Balaban J connectivity index is 1.46. The average molecular weight is 487 g/mol. The van der Waals surface area contributed by atoms with Crippen LogP contribution in [0, 0.1) is 0 Å². The van der Waals surface area contributed by atoms with Gasteiger partial charge in [-0.15, -0.1) is 21.5 Å². The van der Waals surface area contributed by atoms with E-state index in [2.05, 4.69) is 15.5 Å². The average Bonchev–Trinajstić information content (AvgIpc) is 3.39. The van der Waals surface area contributed by atoms with Crippen molar-refractivity contribution < 1.29 is 14.3 Å². The van der Waals surface area contributed by atoms with E-state index >= 15 is 0 Å². The minimum Gasteiger partial charge on any atom is -0.462 e. The van der Waals surface area contributed by atoms with Gasteiger partial charge in [0, 0.05) is 34.3 Å². The Labute approximate surface area is 197 Å². The molecule has 0 bridgehead atoms. The number of hydrogen-bond donors (Lipinski definition) is 1. The van der Waals surface area contributed by atoms with E-state index in [9.17, 15) is 9.59 Å². The quantitative estimate of drug-likeness (QED) is 0.265. The van der Waals surface area contributed by atoms with Gasteiger partial charge < -0.3 is 10.1 Å². The van der Waals surface area contributed by atoms with E-state index < -0.39 is 5.97 Å². The molecule has 0 atom stereocenters. The number of pyridine rings is 1. The minimum atomic E-state index is -0.474. The number of aromatic nitrogens is 3. The third kappa shape index (κ3) is 4.95. The fourth-order valence-corrected chi connectivity index (χ4v) is 5.00. The van der Waals surface area contributed by atoms with Gasteiger partial charge in [-0.3, -0.25) is 9.20 Å². The number of rotatable bonds is 8. The summed E-state index contributed by atoms with van der Waals surface area (Å²) >= 11 is 8.72. The molecule has 0 saturated carbocycles. The predicted octanol–water partition coefficient (Wildman–Crippen LogP) is 5.41. The van der Waals surface area contributed by atoms with Gasteiger partial charge in [0.15, 0.2) is 10.8 Å². The highest BCUT2D eigenvalue weighted by Crippen LogP contribution is 2.36. The fourth-order valence-electron chi connectivity index (χ4n) is 3.04. The van der Waals surface area contributed by atoms with Crippen LogP contribution in [-0.4, -0.2) is 38.8 Å². The van der Waals surface area contributed by atoms with Gasteiger partial charge in [0.2, 0.25) is 5.91 Å². The number of hydrogen-bond acceptors (Lipinski definition) is 7. The molecule has 164 valence electrons. The SMILES string of the molecule is CCOC(=O)c1c(-c2ccc(Cl)cc2)csc1NC(=O)CCSc1nnc2ccccn12. The van der Waals surface area contributed by atoms with Crippen LogP contribution in [0.5, 0.6) is 0 Å². The molecule has 4 rings (SSSR count). The Morgan fingerprint density at radius 3 is 2.78 bits per heavy atom. The second-order valence-electron chi connectivity index (χ2n) is 6.64. The van der Waals surface area contributed by atoms with Gasteiger partial charge in [-0.1, -0.05) is 41.6 Å². The number of carbonyl (C=O) groups excluding carboxylic acids is 2. The summed E-state index contributed by atoms with van der Waals surface area (Å²) in [4.78, 5) is 25.2. The van der Waals surface area contributed by atoms with Crippen molar-refractivity contribution in [2.75, 3.05) is 17.7 Å². The lowest BCUT2D eigenvalue weighted by atomic mass is 10.0. The van der Waals surface area contributed by atoms with E-state index in [-0.39, 0.29) is 18.9 Å². The maximum Gasteiger partial charge on any atom is 0.341 e. The summed E-state index contributed by atoms with van der Waals surface area (Å²) in [6.45, 7) is 1.99. The van der Waals surface area contributed by atoms with Gasteiger partial charge in [-0.2, -0.15) is 0 Å². The predicted molar refractivity (Wildman–Crippen MR) is 128 cm³/mol. The Kier molecular flexibility index (Phi) is 7.09. The number of halogens is 1. The zero-order valence-electron chi connectivity index (χ0n) is 17.1. The molecule has 0 aliphatic rings. The van der Waals surface area contributed by atoms with Crippen LogP contribution in [0.4, 0.5) is 5.00 Å². The summed E-state index contributed by atoms with van der Waals surface area (Å²) in [6, 6.07) is 12.8. The van der Waals surface area contributed by atoms with Crippen LogP contribution >= 0.6 is 34.7 Å². The maximum atomic E-state index is 12.6. The molecule has 0 unspecified atom stereocenters. The summed E-state index contributed by atoms with van der Waals surface area (Å²) in [7, 11) is 0. The van der Waals surface area contributed by atoms with Crippen molar-refractivity contribution in [3.8, 4) is 11.1 Å². The Bertz CT molecular complexity index is 1250. The van der Waals surface area contributed by atoms with E-state index in [1.807, 2.05) is 46.3 Å². The zero-order valence-corrected chi connectivity index (χ0v) is 19.5. The molecule has 0 fully saturated rings. The number of anilines is 1. The Hall–Kier alpha value is -2.88. The van der Waals surface area contributed by atoms with Crippen molar-refractivity contribution in [2.24, 2.45) is 0 Å². The molecule has 0 radical (unpaired) electrons. The van der Waals surface area contributed by atoms with E-state index in [1.54, 1.807) is 19.1 Å². The first-order valence-electron chi connectivity index (χ1n) is 9.83. The monoisotopic (exact) mass is 486 g/mol. The van der Waals surface area contributed by atoms with E-state index in [0.29, 0.717) is 26.9 Å². The lowest BCUT2D eigenvalue weighted by Gasteiger charge is -2.09. The smallest absolute Gasteiger partial charge is 0.341 e. The first kappa shape index (κ1) is 22.3. The van der Waals surface area contributed by atoms with Crippen LogP contribution in [0.2, 0.25) is 5.02 Å². The van der Waals surface area contributed by atoms with Crippen LogP contribution in [-0.2, 0) is 9.53 Å². The molecule has 1 amide bonds. The van der Waals surface area contributed by atoms with Crippen molar-refractivity contribution in [3.05, 3.63) is 64.6 Å². The lowest BCUT2D eigenvalue weighted by molar-refractivity contribution is -0.115. The van der Waals surface area contributed by atoms with Crippen molar-refractivity contribution in [3.63, 3.8) is 0 Å². The molecule has 0 aliphatic carbocycles. The van der Waals surface area contributed by atoms with Crippen LogP contribution < -0.4 is 5.32 Å². The molecule has 1 N–H and O–H groups in total. The van der Waals surface area contributed by atoms with Gasteiger partial charge in [-0.05, 0) is 36.8 Å². The number of thioether (sulfide) groups is 1. The largest absolute Gasteiger partial charge is 0.462 e. The summed E-state index contributed by atoms with van der Waals surface area (Å²) in [5.41, 5.74) is 2.63. The third-order valence-electron chi connectivity index (χ3n) is 4.52. The molecular weight excluding hydrogens is 468 g/mol. The first-order chi connectivity index (χ1) is 15.6. The molecule has 4 aromatic rings. The summed E-state index contributed by atoms with van der Waals surface area (Å²) in [5, 5.41) is 14.8. The molecule has 0 saturated heterocycles. The normalized spacial score (nSPS) is 10.9. The van der Waals surface area contributed by atoms with E-state index in [0.717, 1.165) is 16.4 Å². The van der Waals surface area contributed by atoms with Crippen molar-refractivity contribution >= 4 is 57.2 Å². The number of esters is 1. The number of nitrogens with zero attached hydrogens (tertiary/aromatic N) is 3. The van der Waals surface area contributed by atoms with Gasteiger partial charge in [0.25, 0.3) is 0 Å². The maximum absolute atomic E-state index is 12.6. The molecule has 0 aliphatic heterocycles. The molecule has 7 nitrogen and oxygen atoms in total. The number of ether oxygens (including phenoxy) is 1. The number of carbonyl (C=O) groups is 2. The standard InChI is InChI=1S/C22H19ClN4O3S2/c1-2-30-21(29)19-16(14-6-8-15(23)9-7-14)13-32-20(19)24-18(28)10-12-31-22-26-25-17-5-3-4-11-27(17)22/h3-9,11,13H,2,10,12H2,1H3,(H,24,28). The highest BCUT2D eigenvalue weighted by Gasteiger charge is 2.23. The van der Waals surface area contributed by atoms with Crippen molar-refractivity contribution in [1.82, 2.24) is 14.6 Å². The van der Waals surface area contributed by atoms with Crippen molar-refractivity contribution in [2.45, 2.75) is 18.5 Å². The van der Waals surface area contributed by atoms with Crippen LogP contribution in [0.3, 0.4) is 0 Å². The number of benzene rings is 1. The molecule has 0 spiro atoms. The number of thiophene rings is 1.